The van der Waals surface area contributed by atoms with Crippen LogP contribution in [-0.4, -0.2) is 9.55 Å². The Labute approximate surface area is 115 Å². The quantitative estimate of drug-likeness (QED) is 0.896. The van der Waals surface area contributed by atoms with E-state index in [2.05, 4.69) is 36.8 Å². The van der Waals surface area contributed by atoms with Crippen molar-refractivity contribution in [3.05, 3.63) is 55.5 Å². The molecule has 2 N–H and O–H groups in total. The van der Waals surface area contributed by atoms with Gasteiger partial charge in [0, 0.05) is 16.9 Å². The Kier molecular flexibility index (Phi) is 3.63. The number of nitrogen functional groups attached to an aromatic ring is 1. The molecule has 2 rings (SSSR count). The van der Waals surface area contributed by atoms with Crippen LogP contribution in [0, 0.1) is 0 Å². The van der Waals surface area contributed by atoms with Crippen LogP contribution < -0.4 is 11.3 Å². The monoisotopic (exact) mass is 357 g/mol. The van der Waals surface area contributed by atoms with E-state index in [1.807, 2.05) is 6.07 Å². The molecule has 2 heterocycles. The van der Waals surface area contributed by atoms with Gasteiger partial charge in [0.1, 0.15) is 5.82 Å². The van der Waals surface area contributed by atoms with E-state index >= 15 is 0 Å². The minimum atomic E-state index is -0.0787. The molecule has 2 aromatic rings. The SMILES string of the molecule is Nc1ccc(Cn2cc(Br)cc(Br)c2=O)cn1. The highest BCUT2D eigenvalue weighted by atomic mass is 79.9. The van der Waals surface area contributed by atoms with Crippen LogP contribution in [0.15, 0.2) is 44.3 Å². The Bertz CT molecular complexity index is 593. The normalized spacial score (nSPS) is 10.5. The molecule has 0 saturated carbocycles. The lowest BCUT2D eigenvalue weighted by Crippen LogP contribution is -2.20. The zero-order chi connectivity index (χ0) is 12.4. The molecule has 2 aromatic heterocycles. The van der Waals surface area contributed by atoms with E-state index in [4.69, 9.17) is 5.73 Å². The first-order chi connectivity index (χ1) is 8.06. The highest BCUT2D eigenvalue weighted by Gasteiger charge is 2.04. The summed E-state index contributed by atoms with van der Waals surface area (Å²) in [4.78, 5) is 15.8. The highest BCUT2D eigenvalue weighted by Crippen LogP contribution is 2.13. The topological polar surface area (TPSA) is 60.9 Å². The molecule has 88 valence electrons. The second kappa shape index (κ2) is 5.01. The van der Waals surface area contributed by atoms with Crippen LogP contribution in [0.5, 0.6) is 0 Å². The highest BCUT2D eigenvalue weighted by molar-refractivity contribution is 9.11. The van der Waals surface area contributed by atoms with E-state index in [1.54, 1.807) is 29.1 Å². The molecule has 0 saturated heterocycles. The van der Waals surface area contributed by atoms with Crippen LogP contribution in [0.1, 0.15) is 5.56 Å². The number of anilines is 1. The van der Waals surface area contributed by atoms with Crippen molar-refractivity contribution >= 4 is 37.7 Å². The molecule has 0 radical (unpaired) electrons. The zero-order valence-electron chi connectivity index (χ0n) is 8.73. The van der Waals surface area contributed by atoms with Crippen molar-refractivity contribution in [1.82, 2.24) is 9.55 Å². The number of nitrogens with two attached hydrogens (primary N) is 1. The lowest BCUT2D eigenvalue weighted by molar-refractivity contribution is 0.749. The van der Waals surface area contributed by atoms with Crippen molar-refractivity contribution in [2.24, 2.45) is 0 Å². The van der Waals surface area contributed by atoms with Gasteiger partial charge in [-0.3, -0.25) is 4.79 Å². The van der Waals surface area contributed by atoms with E-state index in [1.165, 1.54) is 0 Å². The van der Waals surface area contributed by atoms with Crippen molar-refractivity contribution in [2.75, 3.05) is 5.73 Å². The number of halogens is 2. The van der Waals surface area contributed by atoms with Gasteiger partial charge in [-0.15, -0.1) is 0 Å². The Morgan fingerprint density at radius 3 is 2.76 bits per heavy atom. The third kappa shape index (κ3) is 2.95. The van der Waals surface area contributed by atoms with Crippen LogP contribution in [0.25, 0.3) is 0 Å². The largest absolute Gasteiger partial charge is 0.384 e. The summed E-state index contributed by atoms with van der Waals surface area (Å²) in [5.41, 5.74) is 6.35. The molecule has 0 spiro atoms. The van der Waals surface area contributed by atoms with Crippen molar-refractivity contribution in [2.45, 2.75) is 6.54 Å². The van der Waals surface area contributed by atoms with Crippen LogP contribution in [-0.2, 0) is 6.54 Å². The van der Waals surface area contributed by atoms with Gasteiger partial charge < -0.3 is 10.3 Å². The minimum absolute atomic E-state index is 0.0787. The molecule has 4 nitrogen and oxygen atoms in total. The summed E-state index contributed by atoms with van der Waals surface area (Å²) in [6.07, 6.45) is 3.40. The fourth-order valence-electron chi connectivity index (χ4n) is 1.41. The molecular weight excluding hydrogens is 350 g/mol. The summed E-state index contributed by atoms with van der Waals surface area (Å²) in [6, 6.07) is 5.29. The van der Waals surface area contributed by atoms with Gasteiger partial charge in [0.05, 0.1) is 11.0 Å². The third-order valence-electron chi connectivity index (χ3n) is 2.21. The molecule has 0 aliphatic carbocycles. The Hall–Kier alpha value is -1.14. The van der Waals surface area contributed by atoms with Gasteiger partial charge in [0.2, 0.25) is 0 Å². The van der Waals surface area contributed by atoms with Gasteiger partial charge in [0.15, 0.2) is 0 Å². The predicted molar refractivity (Wildman–Crippen MR) is 73.9 cm³/mol. The molecule has 0 aromatic carbocycles. The summed E-state index contributed by atoms with van der Waals surface area (Å²) in [7, 11) is 0. The zero-order valence-corrected chi connectivity index (χ0v) is 11.9. The van der Waals surface area contributed by atoms with Crippen molar-refractivity contribution in [3.63, 3.8) is 0 Å². The second-order valence-corrected chi connectivity index (χ2v) is 5.30. The van der Waals surface area contributed by atoms with Crippen molar-refractivity contribution in [1.29, 1.82) is 0 Å². The summed E-state index contributed by atoms with van der Waals surface area (Å²) < 4.78 is 2.96. The fourth-order valence-corrected chi connectivity index (χ4v) is 2.67. The average molecular weight is 359 g/mol. The fraction of sp³-hybridized carbons (Fsp3) is 0.0909. The molecule has 0 aliphatic rings. The molecule has 17 heavy (non-hydrogen) atoms. The van der Waals surface area contributed by atoms with Gasteiger partial charge in [-0.25, -0.2) is 4.98 Å². The number of hydrogen-bond donors (Lipinski definition) is 1. The lowest BCUT2D eigenvalue weighted by atomic mass is 10.3. The number of hydrogen-bond acceptors (Lipinski definition) is 3. The Morgan fingerprint density at radius 1 is 1.35 bits per heavy atom. The molecule has 0 bridgehead atoms. The molecule has 0 unspecified atom stereocenters. The first-order valence-corrected chi connectivity index (χ1v) is 6.41. The predicted octanol–water partition coefficient (Wildman–Crippen LogP) is 2.40. The number of pyridine rings is 2. The summed E-state index contributed by atoms with van der Waals surface area (Å²) in [6.45, 7) is 0.462. The second-order valence-electron chi connectivity index (χ2n) is 3.53. The maximum atomic E-state index is 11.8. The van der Waals surface area contributed by atoms with Gasteiger partial charge in [-0.05, 0) is 49.6 Å². The van der Waals surface area contributed by atoms with Crippen molar-refractivity contribution < 1.29 is 0 Å². The van der Waals surface area contributed by atoms with Gasteiger partial charge in [-0.1, -0.05) is 6.07 Å². The molecule has 0 atom stereocenters. The van der Waals surface area contributed by atoms with Crippen LogP contribution >= 0.6 is 31.9 Å². The van der Waals surface area contributed by atoms with E-state index < -0.39 is 0 Å². The van der Waals surface area contributed by atoms with E-state index in [9.17, 15) is 4.79 Å². The Morgan fingerprint density at radius 2 is 2.12 bits per heavy atom. The molecule has 6 heteroatoms. The molecular formula is C11H9Br2N3O. The van der Waals surface area contributed by atoms with Gasteiger partial charge in [-0.2, -0.15) is 0 Å². The molecule has 0 aliphatic heterocycles. The van der Waals surface area contributed by atoms with Crippen molar-refractivity contribution in [3.8, 4) is 0 Å². The lowest BCUT2D eigenvalue weighted by Gasteiger charge is -2.07. The van der Waals surface area contributed by atoms with E-state index in [0.29, 0.717) is 16.8 Å². The van der Waals surface area contributed by atoms with Crippen LogP contribution in [0.2, 0.25) is 0 Å². The number of rotatable bonds is 2. The number of nitrogens with zero attached hydrogens (tertiary/aromatic N) is 2. The van der Waals surface area contributed by atoms with Gasteiger partial charge in [0.25, 0.3) is 5.56 Å². The smallest absolute Gasteiger partial charge is 0.265 e. The average Bonchev–Trinajstić information content (AvgIpc) is 2.28. The summed E-state index contributed by atoms with van der Waals surface area (Å²) >= 11 is 6.57. The first-order valence-electron chi connectivity index (χ1n) is 4.82. The first kappa shape index (κ1) is 12.3. The summed E-state index contributed by atoms with van der Waals surface area (Å²) in [5.74, 6) is 0.469. The van der Waals surface area contributed by atoms with E-state index in [0.717, 1.165) is 10.0 Å². The van der Waals surface area contributed by atoms with Crippen LogP contribution in [0.4, 0.5) is 5.82 Å². The van der Waals surface area contributed by atoms with Gasteiger partial charge >= 0.3 is 0 Å². The maximum absolute atomic E-state index is 11.8. The molecule has 0 amide bonds. The van der Waals surface area contributed by atoms with E-state index in [-0.39, 0.29) is 5.56 Å². The summed E-state index contributed by atoms with van der Waals surface area (Å²) in [5, 5.41) is 0. The van der Waals surface area contributed by atoms with Crippen LogP contribution in [0.3, 0.4) is 0 Å². The standard InChI is InChI=1S/C11H9Br2N3O/c12-8-3-9(13)11(17)16(6-8)5-7-1-2-10(14)15-4-7/h1-4,6H,5H2,(H2,14,15). The molecule has 0 fully saturated rings. The maximum Gasteiger partial charge on any atom is 0.265 e. The number of aromatic nitrogens is 2. The minimum Gasteiger partial charge on any atom is -0.384 e. The third-order valence-corrected chi connectivity index (χ3v) is 3.21. The Balaban J connectivity index is 2.36.